The quantitative estimate of drug-likeness (QED) is 0.850. The van der Waals surface area contributed by atoms with Crippen molar-refractivity contribution < 1.29 is 4.79 Å². The predicted octanol–water partition coefficient (Wildman–Crippen LogP) is 4.22. The molecule has 0 aliphatic heterocycles. The molecule has 0 fully saturated rings. The molecule has 5 heteroatoms. The first-order chi connectivity index (χ1) is 9.84. The van der Waals surface area contributed by atoms with Crippen molar-refractivity contribution in [3.8, 4) is 0 Å². The van der Waals surface area contributed by atoms with Crippen LogP contribution in [0.25, 0.3) is 0 Å². The van der Waals surface area contributed by atoms with Crippen molar-refractivity contribution in [2.75, 3.05) is 5.32 Å². The first kappa shape index (κ1) is 15.9. The third-order valence-corrected chi connectivity index (χ3v) is 4.70. The minimum atomic E-state index is -1.00. The van der Waals surface area contributed by atoms with Crippen LogP contribution in [-0.4, -0.2) is 5.91 Å². The number of rotatable bonds is 4. The molecule has 2 aromatic rings. The molecular weight excluding hydrogens is 352 g/mol. The molecule has 21 heavy (non-hydrogen) atoms. The van der Waals surface area contributed by atoms with E-state index in [-0.39, 0.29) is 0 Å². The van der Waals surface area contributed by atoms with Crippen molar-refractivity contribution in [2.45, 2.75) is 19.4 Å². The van der Waals surface area contributed by atoms with Gasteiger partial charge in [-0.1, -0.05) is 35.9 Å². The van der Waals surface area contributed by atoms with Gasteiger partial charge in [0.25, 0.3) is 0 Å². The van der Waals surface area contributed by atoms with Gasteiger partial charge in [-0.15, -0.1) is 0 Å². The van der Waals surface area contributed by atoms with Gasteiger partial charge in [-0.2, -0.15) is 0 Å². The van der Waals surface area contributed by atoms with Crippen molar-refractivity contribution in [1.29, 1.82) is 0 Å². The van der Waals surface area contributed by atoms with Gasteiger partial charge in [-0.25, -0.2) is 0 Å². The van der Waals surface area contributed by atoms with Gasteiger partial charge in [-0.3, -0.25) is 4.79 Å². The van der Waals surface area contributed by atoms with Gasteiger partial charge < -0.3 is 11.1 Å². The maximum absolute atomic E-state index is 12.1. The summed E-state index contributed by atoms with van der Waals surface area (Å²) in [5.74, 6) is -0.442. The predicted molar refractivity (Wildman–Crippen MR) is 90.5 cm³/mol. The summed E-state index contributed by atoms with van der Waals surface area (Å²) in [6.45, 7) is 3.73. The second kappa shape index (κ2) is 6.08. The fourth-order valence-electron chi connectivity index (χ4n) is 2.26. The highest BCUT2D eigenvalue weighted by molar-refractivity contribution is 9.10. The van der Waals surface area contributed by atoms with E-state index in [0.717, 1.165) is 21.3 Å². The van der Waals surface area contributed by atoms with E-state index >= 15 is 0 Å². The van der Waals surface area contributed by atoms with Crippen LogP contribution in [0.3, 0.4) is 0 Å². The van der Waals surface area contributed by atoms with Crippen LogP contribution in [0.2, 0.25) is 5.02 Å². The molecular formula is C16H16BrClN2O. The normalized spacial score (nSPS) is 13.5. The Morgan fingerprint density at radius 3 is 2.52 bits per heavy atom. The molecule has 3 N–H and O–H groups in total. The van der Waals surface area contributed by atoms with Gasteiger partial charge in [0.2, 0.25) is 5.91 Å². The summed E-state index contributed by atoms with van der Waals surface area (Å²) in [4.78, 5) is 12.1. The van der Waals surface area contributed by atoms with Gasteiger partial charge in [0.05, 0.1) is 5.02 Å². The molecule has 0 saturated heterocycles. The van der Waals surface area contributed by atoms with Crippen LogP contribution >= 0.6 is 27.5 Å². The van der Waals surface area contributed by atoms with E-state index in [4.69, 9.17) is 17.3 Å². The van der Waals surface area contributed by atoms with E-state index in [9.17, 15) is 4.79 Å². The van der Waals surface area contributed by atoms with E-state index in [0.29, 0.717) is 5.02 Å². The van der Waals surface area contributed by atoms with Crippen LogP contribution in [0, 0.1) is 6.92 Å². The third-order valence-electron chi connectivity index (χ3n) is 3.49. The number of nitrogens with one attached hydrogen (secondary N) is 1. The number of anilines is 1. The molecule has 1 atom stereocenters. The molecule has 1 unspecified atom stereocenters. The smallest absolute Gasteiger partial charge is 0.247 e. The first-order valence-corrected chi connectivity index (χ1v) is 7.61. The first-order valence-electron chi connectivity index (χ1n) is 6.44. The zero-order valence-electron chi connectivity index (χ0n) is 11.8. The topological polar surface area (TPSA) is 55.1 Å². The summed E-state index contributed by atoms with van der Waals surface area (Å²) in [5.41, 5.74) is 7.26. The van der Waals surface area contributed by atoms with Crippen LogP contribution in [0.15, 0.2) is 46.9 Å². The SMILES string of the molecule is Cc1ccccc1C(C)(Nc1ccc(Cl)c(Br)c1)C(N)=O. The average molecular weight is 368 g/mol. The molecule has 0 saturated carbocycles. The Labute approximate surface area is 137 Å². The zero-order valence-corrected chi connectivity index (χ0v) is 14.1. The summed E-state index contributed by atoms with van der Waals surface area (Å²) in [6.07, 6.45) is 0. The van der Waals surface area contributed by atoms with Crippen molar-refractivity contribution in [2.24, 2.45) is 5.73 Å². The van der Waals surface area contributed by atoms with Crippen molar-refractivity contribution in [3.63, 3.8) is 0 Å². The molecule has 0 radical (unpaired) electrons. The van der Waals surface area contributed by atoms with Crippen LogP contribution in [0.5, 0.6) is 0 Å². The number of hydrogen-bond acceptors (Lipinski definition) is 2. The third kappa shape index (κ3) is 3.22. The van der Waals surface area contributed by atoms with Crippen LogP contribution in [0.4, 0.5) is 5.69 Å². The van der Waals surface area contributed by atoms with E-state index in [2.05, 4.69) is 21.2 Å². The number of carbonyl (C=O) groups is 1. The number of halogens is 2. The van der Waals surface area contributed by atoms with Crippen molar-refractivity contribution in [1.82, 2.24) is 0 Å². The Hall–Kier alpha value is -1.52. The largest absolute Gasteiger partial charge is 0.368 e. The van der Waals surface area contributed by atoms with E-state index in [1.54, 1.807) is 13.0 Å². The lowest BCUT2D eigenvalue weighted by atomic mass is 9.87. The van der Waals surface area contributed by atoms with Gasteiger partial charge >= 0.3 is 0 Å². The molecule has 0 bridgehead atoms. The summed E-state index contributed by atoms with van der Waals surface area (Å²) >= 11 is 9.36. The second-order valence-electron chi connectivity index (χ2n) is 5.06. The fourth-order valence-corrected chi connectivity index (χ4v) is 2.75. The van der Waals surface area contributed by atoms with E-state index in [1.807, 2.05) is 43.3 Å². The number of amides is 1. The highest BCUT2D eigenvalue weighted by Gasteiger charge is 2.34. The minimum Gasteiger partial charge on any atom is -0.368 e. The number of carbonyl (C=O) groups excluding carboxylic acids is 1. The molecule has 0 aromatic heterocycles. The maximum Gasteiger partial charge on any atom is 0.247 e. The summed E-state index contributed by atoms with van der Waals surface area (Å²) in [6, 6.07) is 13.1. The Balaban J connectivity index is 2.46. The van der Waals surface area contributed by atoms with Gasteiger partial charge in [-0.05, 0) is 59.1 Å². The van der Waals surface area contributed by atoms with Crippen molar-refractivity contribution in [3.05, 3.63) is 63.1 Å². The van der Waals surface area contributed by atoms with Gasteiger partial charge in [0, 0.05) is 10.2 Å². The maximum atomic E-state index is 12.1. The Morgan fingerprint density at radius 1 is 1.29 bits per heavy atom. The lowest BCUT2D eigenvalue weighted by Crippen LogP contribution is -2.45. The van der Waals surface area contributed by atoms with Crippen LogP contribution in [-0.2, 0) is 10.3 Å². The molecule has 0 aliphatic rings. The zero-order chi connectivity index (χ0) is 15.6. The van der Waals surface area contributed by atoms with E-state index < -0.39 is 11.4 Å². The van der Waals surface area contributed by atoms with Gasteiger partial charge in [0.15, 0.2) is 0 Å². The number of nitrogens with two attached hydrogens (primary N) is 1. The highest BCUT2D eigenvalue weighted by atomic mass is 79.9. The molecule has 0 spiro atoms. The fraction of sp³-hybridized carbons (Fsp3) is 0.188. The minimum absolute atomic E-state index is 0.442. The number of primary amides is 1. The number of hydrogen-bond donors (Lipinski definition) is 2. The Bertz CT molecular complexity index is 690. The molecule has 3 nitrogen and oxygen atoms in total. The van der Waals surface area contributed by atoms with Gasteiger partial charge in [0.1, 0.15) is 5.54 Å². The summed E-state index contributed by atoms with van der Waals surface area (Å²) < 4.78 is 0.755. The monoisotopic (exact) mass is 366 g/mol. The molecule has 1 amide bonds. The number of benzene rings is 2. The molecule has 0 aliphatic carbocycles. The Kier molecular flexibility index (Phi) is 4.59. The standard InChI is InChI=1S/C16H16BrClN2O/c1-10-5-3-4-6-12(10)16(2,15(19)21)20-11-7-8-14(18)13(17)9-11/h3-9,20H,1-2H3,(H2,19,21). The lowest BCUT2D eigenvalue weighted by Gasteiger charge is -2.30. The molecule has 0 heterocycles. The van der Waals surface area contributed by atoms with Crippen LogP contribution in [0.1, 0.15) is 18.1 Å². The summed E-state index contributed by atoms with van der Waals surface area (Å²) in [5, 5.41) is 3.83. The van der Waals surface area contributed by atoms with Crippen LogP contribution < -0.4 is 11.1 Å². The second-order valence-corrected chi connectivity index (χ2v) is 6.32. The van der Waals surface area contributed by atoms with Crippen molar-refractivity contribution >= 4 is 39.1 Å². The number of aryl methyl sites for hydroxylation is 1. The highest BCUT2D eigenvalue weighted by Crippen LogP contribution is 2.31. The summed E-state index contributed by atoms with van der Waals surface area (Å²) in [7, 11) is 0. The lowest BCUT2D eigenvalue weighted by molar-refractivity contribution is -0.122. The molecule has 2 rings (SSSR count). The Morgan fingerprint density at radius 2 is 1.95 bits per heavy atom. The molecule has 2 aromatic carbocycles. The molecule has 110 valence electrons. The average Bonchev–Trinajstić information content (AvgIpc) is 2.43. The van der Waals surface area contributed by atoms with E-state index in [1.165, 1.54) is 0 Å².